The largest absolute Gasteiger partial charge is 0.394 e. The van der Waals surface area contributed by atoms with Crippen molar-refractivity contribution in [3.05, 3.63) is 31.0 Å². The lowest BCUT2D eigenvalue weighted by Crippen LogP contribution is -2.18. The standard InChI is InChI=1S/C14H19N7O/c1-11(9-20-4-2-3-18-20)7-15-13-12-8-19-21(5-6-22)14(12)17-10-16-13/h2-4,8,10-11,22H,5-7,9H2,1H3,(H,15,16,17). The van der Waals surface area contributed by atoms with Crippen LogP contribution in [0.2, 0.25) is 0 Å². The van der Waals surface area contributed by atoms with Crippen LogP contribution in [-0.4, -0.2) is 47.8 Å². The second kappa shape index (κ2) is 6.52. The summed E-state index contributed by atoms with van der Waals surface area (Å²) in [6.07, 6.45) is 6.98. The summed E-state index contributed by atoms with van der Waals surface area (Å²) in [6, 6.07) is 1.92. The van der Waals surface area contributed by atoms with E-state index in [-0.39, 0.29) is 6.61 Å². The number of rotatable bonds is 7. The van der Waals surface area contributed by atoms with Gasteiger partial charge in [0.2, 0.25) is 0 Å². The molecule has 0 fully saturated rings. The summed E-state index contributed by atoms with van der Waals surface area (Å²) in [5, 5.41) is 21.7. The van der Waals surface area contributed by atoms with E-state index in [2.05, 4.69) is 32.4 Å². The maximum Gasteiger partial charge on any atom is 0.163 e. The molecule has 0 saturated carbocycles. The van der Waals surface area contributed by atoms with Crippen LogP contribution in [-0.2, 0) is 13.1 Å². The van der Waals surface area contributed by atoms with Gasteiger partial charge in [-0.15, -0.1) is 0 Å². The molecule has 116 valence electrons. The molecule has 0 aliphatic rings. The van der Waals surface area contributed by atoms with Gasteiger partial charge in [0.05, 0.1) is 24.7 Å². The Hall–Kier alpha value is -2.48. The number of aliphatic hydroxyl groups excluding tert-OH is 1. The Morgan fingerprint density at radius 2 is 2.23 bits per heavy atom. The molecule has 1 atom stereocenters. The molecule has 0 saturated heterocycles. The zero-order valence-electron chi connectivity index (χ0n) is 12.4. The summed E-state index contributed by atoms with van der Waals surface area (Å²) >= 11 is 0. The van der Waals surface area contributed by atoms with Crippen molar-refractivity contribution in [1.82, 2.24) is 29.5 Å². The molecular weight excluding hydrogens is 282 g/mol. The van der Waals surface area contributed by atoms with Crippen LogP contribution in [0.15, 0.2) is 31.0 Å². The molecule has 0 aromatic carbocycles. The van der Waals surface area contributed by atoms with Gasteiger partial charge in [-0.1, -0.05) is 6.92 Å². The van der Waals surface area contributed by atoms with Crippen molar-refractivity contribution in [2.75, 3.05) is 18.5 Å². The van der Waals surface area contributed by atoms with Crippen LogP contribution in [0.4, 0.5) is 5.82 Å². The molecule has 8 nitrogen and oxygen atoms in total. The van der Waals surface area contributed by atoms with Gasteiger partial charge in [0.1, 0.15) is 12.1 Å². The predicted molar refractivity (Wildman–Crippen MR) is 82.3 cm³/mol. The highest BCUT2D eigenvalue weighted by molar-refractivity contribution is 5.85. The molecule has 1 unspecified atom stereocenters. The van der Waals surface area contributed by atoms with E-state index in [0.717, 1.165) is 29.9 Å². The fourth-order valence-electron chi connectivity index (χ4n) is 2.36. The van der Waals surface area contributed by atoms with E-state index in [1.54, 1.807) is 17.1 Å². The third-order valence-corrected chi connectivity index (χ3v) is 3.42. The van der Waals surface area contributed by atoms with Gasteiger partial charge in [-0.3, -0.25) is 4.68 Å². The molecule has 0 spiro atoms. The lowest BCUT2D eigenvalue weighted by molar-refractivity contribution is 0.271. The number of nitrogens with one attached hydrogen (secondary N) is 1. The minimum atomic E-state index is 0.0322. The van der Waals surface area contributed by atoms with Crippen LogP contribution in [0, 0.1) is 5.92 Å². The zero-order chi connectivity index (χ0) is 15.4. The average molecular weight is 301 g/mol. The van der Waals surface area contributed by atoms with E-state index < -0.39 is 0 Å². The summed E-state index contributed by atoms with van der Waals surface area (Å²) in [5.41, 5.74) is 0.728. The predicted octanol–water partition coefficient (Wildman–Crippen LogP) is 0.763. The number of hydrogen-bond acceptors (Lipinski definition) is 6. The number of anilines is 1. The van der Waals surface area contributed by atoms with E-state index in [1.165, 1.54) is 6.33 Å². The molecule has 2 N–H and O–H groups in total. The van der Waals surface area contributed by atoms with Crippen LogP contribution >= 0.6 is 0 Å². The highest BCUT2D eigenvalue weighted by Gasteiger charge is 2.10. The van der Waals surface area contributed by atoms with Crippen molar-refractivity contribution in [3.8, 4) is 0 Å². The molecular formula is C14H19N7O. The van der Waals surface area contributed by atoms with Gasteiger partial charge in [-0.05, 0) is 12.0 Å². The molecule has 0 aliphatic heterocycles. The molecule has 3 heterocycles. The van der Waals surface area contributed by atoms with Gasteiger partial charge in [0.15, 0.2) is 5.65 Å². The van der Waals surface area contributed by atoms with E-state index in [1.807, 2.05) is 16.9 Å². The van der Waals surface area contributed by atoms with Gasteiger partial charge in [-0.25, -0.2) is 14.6 Å². The Labute approximate surface area is 127 Å². The second-order valence-corrected chi connectivity index (χ2v) is 5.27. The fraction of sp³-hybridized carbons (Fsp3) is 0.429. The Bertz CT molecular complexity index is 722. The third-order valence-electron chi connectivity index (χ3n) is 3.42. The monoisotopic (exact) mass is 301 g/mol. The van der Waals surface area contributed by atoms with Crippen LogP contribution in [0.1, 0.15) is 6.92 Å². The molecule has 3 rings (SSSR count). The molecule has 22 heavy (non-hydrogen) atoms. The molecule has 8 heteroatoms. The van der Waals surface area contributed by atoms with Crippen molar-refractivity contribution in [1.29, 1.82) is 0 Å². The van der Waals surface area contributed by atoms with Gasteiger partial charge < -0.3 is 10.4 Å². The topological polar surface area (TPSA) is 93.7 Å². The van der Waals surface area contributed by atoms with Crippen LogP contribution in [0.3, 0.4) is 0 Å². The Kier molecular flexibility index (Phi) is 4.29. The van der Waals surface area contributed by atoms with Crippen molar-refractivity contribution < 1.29 is 5.11 Å². The average Bonchev–Trinajstić information content (AvgIpc) is 3.16. The maximum absolute atomic E-state index is 9.04. The Balaban J connectivity index is 1.68. The quantitative estimate of drug-likeness (QED) is 0.669. The number of hydrogen-bond donors (Lipinski definition) is 2. The third kappa shape index (κ3) is 3.06. The zero-order valence-corrected chi connectivity index (χ0v) is 12.4. The molecule has 3 aromatic heterocycles. The minimum absolute atomic E-state index is 0.0322. The van der Waals surface area contributed by atoms with Crippen molar-refractivity contribution in [2.45, 2.75) is 20.0 Å². The number of fused-ring (bicyclic) bond motifs is 1. The summed E-state index contributed by atoms with van der Waals surface area (Å²) in [7, 11) is 0. The summed E-state index contributed by atoms with van der Waals surface area (Å²) in [5.74, 6) is 1.17. The minimum Gasteiger partial charge on any atom is -0.394 e. The van der Waals surface area contributed by atoms with Gasteiger partial charge in [0, 0.05) is 25.5 Å². The first-order valence-electron chi connectivity index (χ1n) is 7.26. The normalized spacial score (nSPS) is 12.6. The molecule has 0 bridgehead atoms. The van der Waals surface area contributed by atoms with Gasteiger partial charge in [-0.2, -0.15) is 10.2 Å². The maximum atomic E-state index is 9.04. The van der Waals surface area contributed by atoms with Gasteiger partial charge >= 0.3 is 0 Å². The SMILES string of the molecule is CC(CNc1ncnc2c1cnn2CCO)Cn1cccn1. The lowest BCUT2D eigenvalue weighted by Gasteiger charge is -2.13. The van der Waals surface area contributed by atoms with Gasteiger partial charge in [0.25, 0.3) is 0 Å². The van der Waals surface area contributed by atoms with E-state index in [4.69, 9.17) is 5.11 Å². The molecule has 3 aromatic rings. The number of aromatic nitrogens is 6. The molecule has 0 radical (unpaired) electrons. The summed E-state index contributed by atoms with van der Waals surface area (Å²) in [4.78, 5) is 8.52. The van der Waals surface area contributed by atoms with E-state index in [0.29, 0.717) is 12.5 Å². The van der Waals surface area contributed by atoms with Crippen molar-refractivity contribution in [2.24, 2.45) is 5.92 Å². The Morgan fingerprint density at radius 1 is 1.32 bits per heavy atom. The lowest BCUT2D eigenvalue weighted by atomic mass is 10.2. The highest BCUT2D eigenvalue weighted by atomic mass is 16.3. The van der Waals surface area contributed by atoms with Crippen LogP contribution < -0.4 is 5.32 Å². The number of nitrogens with zero attached hydrogens (tertiary/aromatic N) is 6. The first-order chi connectivity index (χ1) is 10.8. The van der Waals surface area contributed by atoms with E-state index in [9.17, 15) is 0 Å². The van der Waals surface area contributed by atoms with E-state index >= 15 is 0 Å². The second-order valence-electron chi connectivity index (χ2n) is 5.27. The fourth-order valence-corrected chi connectivity index (χ4v) is 2.36. The van der Waals surface area contributed by atoms with Crippen molar-refractivity contribution >= 4 is 16.9 Å². The molecule has 0 aliphatic carbocycles. The van der Waals surface area contributed by atoms with Crippen molar-refractivity contribution in [3.63, 3.8) is 0 Å². The Morgan fingerprint density at radius 3 is 3.00 bits per heavy atom. The smallest absolute Gasteiger partial charge is 0.163 e. The number of aliphatic hydroxyl groups is 1. The first-order valence-corrected chi connectivity index (χ1v) is 7.26. The first kappa shape index (κ1) is 14.5. The van der Waals surface area contributed by atoms with Crippen LogP contribution in [0.5, 0.6) is 0 Å². The molecule has 0 amide bonds. The van der Waals surface area contributed by atoms with Crippen LogP contribution in [0.25, 0.3) is 11.0 Å². The summed E-state index contributed by atoms with van der Waals surface area (Å²) in [6.45, 7) is 4.23. The highest BCUT2D eigenvalue weighted by Crippen LogP contribution is 2.18. The summed E-state index contributed by atoms with van der Waals surface area (Å²) < 4.78 is 3.59.